The monoisotopic (exact) mass is 290 g/mol. The van der Waals surface area contributed by atoms with E-state index in [1.165, 1.54) is 19.1 Å². The zero-order chi connectivity index (χ0) is 15.7. The molecule has 0 aromatic heterocycles. The highest BCUT2D eigenvalue weighted by atomic mass is 16.5. The Morgan fingerprint density at radius 2 is 1.75 bits per heavy atom. The van der Waals surface area contributed by atoms with Crippen molar-refractivity contribution < 1.29 is 29.0 Å². The largest absolute Gasteiger partial charge is 0.480 e. The maximum absolute atomic E-state index is 12.3. The van der Waals surface area contributed by atoms with Crippen LogP contribution < -0.4 is 0 Å². The Bertz CT molecular complexity index is 345. The van der Waals surface area contributed by atoms with Crippen LogP contribution in [0.5, 0.6) is 0 Å². The minimum atomic E-state index is -1.13. The summed E-state index contributed by atoms with van der Waals surface area (Å²) in [6.45, 7) is 3.13. The number of aliphatic carboxylic acids is 1. The van der Waals surface area contributed by atoms with Gasteiger partial charge in [0.05, 0.1) is 13.7 Å². The molecule has 20 heavy (non-hydrogen) atoms. The molecule has 0 aliphatic rings. The number of carboxylic acids is 1. The van der Waals surface area contributed by atoms with Gasteiger partial charge in [-0.2, -0.15) is 0 Å². The maximum Gasteiger partial charge on any atom is 0.325 e. The second-order valence-electron chi connectivity index (χ2n) is 4.39. The summed E-state index contributed by atoms with van der Waals surface area (Å²) < 4.78 is 9.38. The Hall–Kier alpha value is -1.83. The molecule has 0 heterocycles. The molecule has 2 amide bonds. The summed E-state index contributed by atoms with van der Waals surface area (Å²) in [5.74, 6) is -1.69. The number of rotatable bonds is 8. The van der Waals surface area contributed by atoms with Crippen molar-refractivity contribution in [3.8, 4) is 0 Å². The van der Waals surface area contributed by atoms with Crippen molar-refractivity contribution in [2.45, 2.75) is 19.9 Å². The van der Waals surface area contributed by atoms with E-state index in [0.29, 0.717) is 0 Å². The molecule has 0 aliphatic carbocycles. The third-order valence-electron chi connectivity index (χ3n) is 2.56. The van der Waals surface area contributed by atoms with Crippen molar-refractivity contribution in [3.05, 3.63) is 0 Å². The Morgan fingerprint density at radius 1 is 1.15 bits per heavy atom. The van der Waals surface area contributed by atoms with E-state index in [9.17, 15) is 14.4 Å². The molecule has 0 aromatic rings. The van der Waals surface area contributed by atoms with E-state index in [-0.39, 0.29) is 25.7 Å². The molecule has 0 saturated carbocycles. The minimum Gasteiger partial charge on any atom is -0.480 e. The number of carbonyl (C=O) groups is 3. The van der Waals surface area contributed by atoms with Gasteiger partial charge in [-0.1, -0.05) is 0 Å². The van der Waals surface area contributed by atoms with Gasteiger partial charge in [0.15, 0.2) is 0 Å². The molecular weight excluding hydrogens is 268 g/mol. The minimum absolute atomic E-state index is 0.131. The van der Waals surface area contributed by atoms with Gasteiger partial charge in [0, 0.05) is 19.7 Å². The molecule has 0 aromatic carbocycles. The molecule has 0 spiro atoms. The number of urea groups is 1. The van der Waals surface area contributed by atoms with Crippen LogP contribution in [0.2, 0.25) is 0 Å². The van der Waals surface area contributed by atoms with Gasteiger partial charge in [-0.15, -0.1) is 0 Å². The fourth-order valence-electron chi connectivity index (χ4n) is 1.46. The topological polar surface area (TPSA) is 96.4 Å². The van der Waals surface area contributed by atoms with Crippen LogP contribution >= 0.6 is 0 Å². The molecule has 0 rings (SSSR count). The fourth-order valence-corrected chi connectivity index (χ4v) is 1.46. The van der Waals surface area contributed by atoms with Crippen molar-refractivity contribution >= 4 is 18.0 Å². The van der Waals surface area contributed by atoms with Gasteiger partial charge < -0.3 is 24.4 Å². The number of hydrogen-bond donors (Lipinski definition) is 1. The van der Waals surface area contributed by atoms with Crippen molar-refractivity contribution in [1.82, 2.24) is 9.80 Å². The number of amides is 2. The van der Waals surface area contributed by atoms with Gasteiger partial charge in [-0.05, 0) is 13.8 Å². The number of nitrogens with zero attached hydrogens (tertiary/aromatic N) is 2. The van der Waals surface area contributed by atoms with Crippen LogP contribution in [0.4, 0.5) is 4.79 Å². The van der Waals surface area contributed by atoms with Gasteiger partial charge in [-0.3, -0.25) is 9.59 Å². The number of carboxylic acid groups (broad SMARTS) is 1. The van der Waals surface area contributed by atoms with Crippen LogP contribution in [0.25, 0.3) is 0 Å². The average molecular weight is 290 g/mol. The number of methoxy groups -OCH3 is 2. The van der Waals surface area contributed by atoms with Crippen molar-refractivity contribution in [2.24, 2.45) is 0 Å². The predicted molar refractivity (Wildman–Crippen MR) is 70.3 cm³/mol. The first kappa shape index (κ1) is 18.2. The van der Waals surface area contributed by atoms with E-state index < -0.39 is 24.5 Å². The van der Waals surface area contributed by atoms with Crippen molar-refractivity contribution in [1.29, 1.82) is 0 Å². The van der Waals surface area contributed by atoms with Crippen molar-refractivity contribution in [2.75, 3.05) is 40.5 Å². The Labute approximate surface area is 118 Å². The summed E-state index contributed by atoms with van der Waals surface area (Å²) in [4.78, 5) is 36.8. The van der Waals surface area contributed by atoms with Gasteiger partial charge in [0.25, 0.3) is 0 Å². The molecule has 0 fully saturated rings. The zero-order valence-electron chi connectivity index (χ0n) is 12.3. The van der Waals surface area contributed by atoms with Crippen LogP contribution in [-0.4, -0.2) is 79.4 Å². The first-order chi connectivity index (χ1) is 9.33. The highest BCUT2D eigenvalue weighted by molar-refractivity contribution is 5.83. The summed E-state index contributed by atoms with van der Waals surface area (Å²) in [7, 11) is 2.68. The highest BCUT2D eigenvalue weighted by Gasteiger charge is 2.26. The van der Waals surface area contributed by atoms with Crippen LogP contribution in [0.3, 0.4) is 0 Å². The molecule has 0 bridgehead atoms. The van der Waals surface area contributed by atoms with Gasteiger partial charge in [-0.25, -0.2) is 4.79 Å². The molecule has 0 unspecified atom stereocenters. The van der Waals surface area contributed by atoms with Crippen molar-refractivity contribution in [3.63, 3.8) is 0 Å². The third-order valence-corrected chi connectivity index (χ3v) is 2.56. The molecule has 8 nitrogen and oxygen atoms in total. The van der Waals surface area contributed by atoms with E-state index in [0.717, 1.165) is 4.90 Å². The smallest absolute Gasteiger partial charge is 0.325 e. The van der Waals surface area contributed by atoms with Gasteiger partial charge >= 0.3 is 18.0 Å². The standard InChI is InChI=1S/C12H22N2O6/c1-9(2)14(8-11(17)20-4)12(18)13(5-6-19-3)7-10(15)16/h9H,5-8H2,1-4H3,(H,15,16). The molecule has 0 radical (unpaired) electrons. The first-order valence-electron chi connectivity index (χ1n) is 6.16. The Morgan fingerprint density at radius 3 is 2.15 bits per heavy atom. The number of esters is 1. The number of carbonyl (C=O) groups excluding carboxylic acids is 2. The van der Waals surface area contributed by atoms with E-state index in [1.807, 2.05) is 0 Å². The molecule has 1 N–H and O–H groups in total. The van der Waals surface area contributed by atoms with E-state index >= 15 is 0 Å². The highest BCUT2D eigenvalue weighted by Crippen LogP contribution is 2.05. The normalized spacial score (nSPS) is 10.2. The second-order valence-corrected chi connectivity index (χ2v) is 4.39. The Balaban J connectivity index is 4.93. The van der Waals surface area contributed by atoms with Crippen LogP contribution in [0, 0.1) is 0 Å². The number of ether oxygens (including phenoxy) is 2. The Kier molecular flexibility index (Phi) is 8.30. The summed E-state index contributed by atoms with van der Waals surface area (Å²) in [5.41, 5.74) is 0. The molecule has 0 aliphatic heterocycles. The van der Waals surface area contributed by atoms with Gasteiger partial charge in [0.1, 0.15) is 13.1 Å². The molecule has 0 atom stereocenters. The lowest BCUT2D eigenvalue weighted by molar-refractivity contribution is -0.141. The van der Waals surface area contributed by atoms with E-state index in [1.54, 1.807) is 13.8 Å². The molecule has 0 saturated heterocycles. The molecular formula is C12H22N2O6. The zero-order valence-corrected chi connectivity index (χ0v) is 12.3. The maximum atomic E-state index is 12.3. The lowest BCUT2D eigenvalue weighted by Gasteiger charge is -2.31. The van der Waals surface area contributed by atoms with Crippen LogP contribution in [-0.2, 0) is 19.1 Å². The number of hydrogen-bond acceptors (Lipinski definition) is 5. The molecule has 116 valence electrons. The quantitative estimate of drug-likeness (QED) is 0.633. The van der Waals surface area contributed by atoms with Crippen LogP contribution in [0.1, 0.15) is 13.8 Å². The average Bonchev–Trinajstić information content (AvgIpc) is 2.38. The lowest BCUT2D eigenvalue weighted by Crippen LogP contribution is -2.50. The fraction of sp³-hybridized carbons (Fsp3) is 0.750. The summed E-state index contributed by atoms with van der Waals surface area (Å²) >= 11 is 0. The summed E-state index contributed by atoms with van der Waals surface area (Å²) in [6, 6.07) is -0.801. The summed E-state index contributed by atoms with van der Waals surface area (Å²) in [5, 5.41) is 8.84. The van der Waals surface area contributed by atoms with Gasteiger partial charge in [0.2, 0.25) is 0 Å². The van der Waals surface area contributed by atoms with Crippen LogP contribution in [0.15, 0.2) is 0 Å². The third kappa shape index (κ3) is 6.37. The summed E-state index contributed by atoms with van der Waals surface area (Å²) in [6.07, 6.45) is 0. The lowest BCUT2D eigenvalue weighted by atomic mass is 10.3. The molecule has 8 heteroatoms. The SMILES string of the molecule is COCCN(CC(=O)O)C(=O)N(CC(=O)OC)C(C)C. The predicted octanol–water partition coefficient (Wildman–Crippen LogP) is 0.0228. The van der Waals surface area contributed by atoms with E-state index in [2.05, 4.69) is 4.74 Å². The second kappa shape index (κ2) is 9.13. The first-order valence-corrected chi connectivity index (χ1v) is 6.16. The van der Waals surface area contributed by atoms with E-state index in [4.69, 9.17) is 9.84 Å².